The Hall–Kier alpha value is -4.93. The minimum Gasteiger partial charge on any atom is -0.459 e. The maximum atomic E-state index is 13.7. The molecule has 3 heterocycles. The van der Waals surface area contributed by atoms with Gasteiger partial charge in [-0.3, -0.25) is 4.79 Å². The minimum atomic E-state index is -0.776. The van der Waals surface area contributed by atoms with Crippen molar-refractivity contribution >= 4 is 5.91 Å². The van der Waals surface area contributed by atoms with Gasteiger partial charge in [0.1, 0.15) is 12.4 Å². The van der Waals surface area contributed by atoms with E-state index in [1.54, 1.807) is 36.5 Å². The lowest BCUT2D eigenvalue weighted by molar-refractivity contribution is -0.231. The Morgan fingerprint density at radius 2 is 1.67 bits per heavy atom. The summed E-state index contributed by atoms with van der Waals surface area (Å²) < 4.78 is 31.8. The van der Waals surface area contributed by atoms with Gasteiger partial charge in [-0.05, 0) is 48.0 Å². The number of aromatic nitrogens is 4. The fraction of sp³-hybridized carbons (Fsp3) is 0.212. The van der Waals surface area contributed by atoms with Crippen LogP contribution >= 0.6 is 0 Å². The molecule has 0 bridgehead atoms. The first kappa shape index (κ1) is 28.2. The van der Waals surface area contributed by atoms with Crippen molar-refractivity contribution < 1.29 is 23.4 Å². The molecule has 0 unspecified atom stereocenters. The lowest BCUT2D eigenvalue weighted by Crippen LogP contribution is -2.45. The third-order valence-corrected chi connectivity index (χ3v) is 7.04. The van der Waals surface area contributed by atoms with Crippen molar-refractivity contribution in [3.8, 4) is 28.7 Å². The van der Waals surface area contributed by atoms with Gasteiger partial charge in [0.25, 0.3) is 5.91 Å². The molecule has 0 aliphatic carbocycles. The maximum absolute atomic E-state index is 13.7. The molecule has 1 aliphatic rings. The number of rotatable bonds is 9. The van der Waals surface area contributed by atoms with Crippen LogP contribution in [0.3, 0.4) is 0 Å². The average molecular weight is 580 g/mol. The molecule has 2 N–H and O–H groups in total. The van der Waals surface area contributed by atoms with Crippen molar-refractivity contribution in [1.82, 2.24) is 25.3 Å². The molecule has 10 heteroatoms. The van der Waals surface area contributed by atoms with E-state index in [9.17, 15) is 9.18 Å². The Bertz CT molecular complexity index is 1670. The molecule has 0 radical (unpaired) electrons. The average Bonchev–Trinajstić information content (AvgIpc) is 3.50. The molecule has 0 atom stereocenters. The van der Waals surface area contributed by atoms with Crippen molar-refractivity contribution in [2.24, 2.45) is 5.41 Å². The van der Waals surface area contributed by atoms with E-state index in [1.807, 2.05) is 55.5 Å². The van der Waals surface area contributed by atoms with Gasteiger partial charge in [0.2, 0.25) is 6.29 Å². The smallest absolute Gasteiger partial charge is 0.317 e. The summed E-state index contributed by atoms with van der Waals surface area (Å²) in [5.41, 5.74) is 3.52. The number of H-pyrrole nitrogens is 1. The summed E-state index contributed by atoms with van der Waals surface area (Å²) in [6, 6.07) is 26.8. The highest BCUT2D eigenvalue weighted by molar-refractivity contribution is 5.94. The van der Waals surface area contributed by atoms with E-state index < -0.39 is 11.7 Å². The molecule has 1 saturated heterocycles. The number of imidazole rings is 1. The first-order chi connectivity index (χ1) is 21.0. The predicted octanol–water partition coefficient (Wildman–Crippen LogP) is 5.73. The third kappa shape index (κ3) is 6.77. The van der Waals surface area contributed by atoms with E-state index in [2.05, 4.69) is 20.3 Å². The fourth-order valence-electron chi connectivity index (χ4n) is 4.67. The number of nitrogens with one attached hydrogen (secondary N) is 2. The van der Waals surface area contributed by atoms with Crippen LogP contribution in [0.4, 0.5) is 4.39 Å². The van der Waals surface area contributed by atoms with Crippen LogP contribution in [0.15, 0.2) is 97.2 Å². The van der Waals surface area contributed by atoms with Gasteiger partial charge in [-0.15, -0.1) is 0 Å². The molecule has 2 aromatic heterocycles. The van der Waals surface area contributed by atoms with Crippen molar-refractivity contribution in [2.45, 2.75) is 19.8 Å². The van der Waals surface area contributed by atoms with Crippen molar-refractivity contribution in [2.75, 3.05) is 19.8 Å². The monoisotopic (exact) mass is 579 g/mol. The number of benzene rings is 3. The van der Waals surface area contributed by atoms with Gasteiger partial charge in [0.05, 0.1) is 30.3 Å². The van der Waals surface area contributed by atoms with E-state index in [0.29, 0.717) is 60.4 Å². The highest BCUT2D eigenvalue weighted by atomic mass is 19.1. The normalized spacial score (nSPS) is 18.2. The summed E-state index contributed by atoms with van der Waals surface area (Å²) in [5.74, 6) is -0.0622. The van der Waals surface area contributed by atoms with Gasteiger partial charge in [0.15, 0.2) is 5.82 Å². The van der Waals surface area contributed by atoms with Crippen LogP contribution in [0.2, 0.25) is 0 Å². The highest BCUT2D eigenvalue weighted by Gasteiger charge is 2.35. The summed E-state index contributed by atoms with van der Waals surface area (Å²) in [7, 11) is 0. The summed E-state index contributed by atoms with van der Waals surface area (Å²) in [4.78, 5) is 29.5. The first-order valence-corrected chi connectivity index (χ1v) is 13.9. The number of hydrogen-bond acceptors (Lipinski definition) is 7. The van der Waals surface area contributed by atoms with Crippen LogP contribution in [0.25, 0.3) is 22.6 Å². The maximum Gasteiger partial charge on any atom is 0.317 e. The van der Waals surface area contributed by atoms with E-state index in [1.165, 1.54) is 12.1 Å². The SMILES string of the molecule is CC1(CNC(=O)c2ccccc2)COC(c2nc(-c3ccc(F)cc3)c(-c3ccnc(OCc4ccccc4)n3)[nH]2)OC1. The van der Waals surface area contributed by atoms with Crippen LogP contribution < -0.4 is 10.1 Å². The van der Waals surface area contributed by atoms with E-state index in [4.69, 9.17) is 19.2 Å². The van der Waals surface area contributed by atoms with Crippen molar-refractivity contribution in [1.29, 1.82) is 0 Å². The zero-order valence-electron chi connectivity index (χ0n) is 23.5. The van der Waals surface area contributed by atoms with Gasteiger partial charge in [0, 0.05) is 29.3 Å². The largest absolute Gasteiger partial charge is 0.459 e. The van der Waals surface area contributed by atoms with E-state index >= 15 is 0 Å². The molecular weight excluding hydrogens is 549 g/mol. The molecule has 0 saturated carbocycles. The first-order valence-electron chi connectivity index (χ1n) is 13.9. The molecule has 6 rings (SSSR count). The van der Waals surface area contributed by atoms with Crippen LogP contribution in [0, 0.1) is 11.2 Å². The number of amides is 1. The van der Waals surface area contributed by atoms with Gasteiger partial charge < -0.3 is 24.5 Å². The Labute approximate surface area is 248 Å². The summed E-state index contributed by atoms with van der Waals surface area (Å²) in [6.45, 7) is 3.35. The minimum absolute atomic E-state index is 0.152. The molecule has 0 spiro atoms. The third-order valence-electron chi connectivity index (χ3n) is 7.04. The van der Waals surface area contributed by atoms with E-state index in [-0.39, 0.29) is 17.7 Å². The van der Waals surface area contributed by atoms with Gasteiger partial charge in [-0.25, -0.2) is 14.4 Å². The Morgan fingerprint density at radius 1 is 0.977 bits per heavy atom. The topological polar surface area (TPSA) is 111 Å². The second kappa shape index (κ2) is 12.5. The Morgan fingerprint density at radius 3 is 2.40 bits per heavy atom. The Kier molecular flexibility index (Phi) is 8.21. The number of halogens is 1. The molecule has 1 amide bonds. The standard InChI is InChI=1S/C33H30FN5O4/c1-33(19-36-30(40)24-10-6-3-7-11-24)20-42-31(43-21-33)29-38-27(23-12-14-25(34)15-13-23)28(39-29)26-16-17-35-32(37-26)41-18-22-8-4-2-5-9-22/h2-17,31H,18-21H2,1H3,(H,36,40)(H,38,39). The highest BCUT2D eigenvalue weighted by Crippen LogP contribution is 2.35. The number of hydrogen-bond donors (Lipinski definition) is 2. The summed E-state index contributed by atoms with van der Waals surface area (Å²) >= 11 is 0. The molecular formula is C33H30FN5O4. The molecule has 5 aromatic rings. The van der Waals surface area contributed by atoms with Gasteiger partial charge in [-0.2, -0.15) is 4.98 Å². The van der Waals surface area contributed by atoms with Crippen LogP contribution in [-0.2, 0) is 16.1 Å². The van der Waals surface area contributed by atoms with Gasteiger partial charge in [-0.1, -0.05) is 55.5 Å². The number of carbonyl (C=O) groups is 1. The quantitative estimate of drug-likeness (QED) is 0.229. The molecule has 1 fully saturated rings. The van der Waals surface area contributed by atoms with Crippen molar-refractivity contribution in [3.05, 3.63) is 120 Å². The van der Waals surface area contributed by atoms with Gasteiger partial charge >= 0.3 is 6.01 Å². The summed E-state index contributed by atoms with van der Waals surface area (Å²) in [5, 5.41) is 2.97. The number of carbonyl (C=O) groups excluding carboxylic acids is 1. The fourth-order valence-corrected chi connectivity index (χ4v) is 4.67. The molecule has 43 heavy (non-hydrogen) atoms. The molecule has 3 aromatic carbocycles. The summed E-state index contributed by atoms with van der Waals surface area (Å²) in [6.07, 6.45) is 0.835. The lowest BCUT2D eigenvalue weighted by atomic mass is 9.92. The Balaban J connectivity index is 1.20. The van der Waals surface area contributed by atoms with E-state index in [0.717, 1.165) is 5.56 Å². The number of nitrogens with zero attached hydrogens (tertiary/aromatic N) is 3. The number of aromatic amines is 1. The zero-order valence-corrected chi connectivity index (χ0v) is 23.5. The van der Waals surface area contributed by atoms with Crippen LogP contribution in [0.5, 0.6) is 6.01 Å². The predicted molar refractivity (Wildman–Crippen MR) is 157 cm³/mol. The molecule has 1 aliphatic heterocycles. The second-order valence-electron chi connectivity index (χ2n) is 10.7. The zero-order chi connectivity index (χ0) is 29.6. The van der Waals surface area contributed by atoms with Crippen LogP contribution in [0.1, 0.15) is 35.0 Å². The lowest BCUT2D eigenvalue weighted by Gasteiger charge is -2.36. The van der Waals surface area contributed by atoms with Crippen molar-refractivity contribution in [3.63, 3.8) is 0 Å². The second-order valence-corrected chi connectivity index (χ2v) is 10.7. The number of ether oxygens (including phenoxy) is 3. The molecule has 218 valence electrons. The van der Waals surface area contributed by atoms with Crippen LogP contribution in [-0.4, -0.2) is 45.6 Å². The molecule has 9 nitrogen and oxygen atoms in total.